The molecule has 0 aliphatic carbocycles. The van der Waals surface area contributed by atoms with Gasteiger partial charge in [0.1, 0.15) is 12.1 Å². The smallest absolute Gasteiger partial charge is 0.450 e. The van der Waals surface area contributed by atoms with Crippen molar-refractivity contribution in [2.45, 2.75) is 31.9 Å². The number of hydrogen-bond donors (Lipinski definition) is 7. The summed E-state index contributed by atoms with van der Waals surface area (Å²) in [6, 6.07) is 5.59. The molecule has 0 saturated heterocycles. The first-order chi connectivity index (χ1) is 13.7. The molecule has 0 spiro atoms. The molecular weight excluding hydrogens is 386 g/mol. The number of carbonyl (C=O) groups excluding carboxylic acids is 3. The van der Waals surface area contributed by atoms with E-state index in [9.17, 15) is 19.2 Å². The van der Waals surface area contributed by atoms with Crippen molar-refractivity contribution in [3.05, 3.63) is 29.8 Å². The molecule has 0 aliphatic rings. The summed E-state index contributed by atoms with van der Waals surface area (Å²) in [5.74, 6) is -1.12. The Morgan fingerprint density at radius 1 is 1.17 bits per heavy atom. The third-order valence-electron chi connectivity index (χ3n) is 3.88. The highest BCUT2D eigenvalue weighted by atomic mass is 16.7. The van der Waals surface area contributed by atoms with Crippen molar-refractivity contribution in [3.8, 4) is 0 Å². The number of nitrogens with one attached hydrogen (secondary N) is 4. The molecule has 1 atom stereocenters. The Labute approximate surface area is 166 Å². The van der Waals surface area contributed by atoms with Crippen molar-refractivity contribution in [1.82, 2.24) is 16.1 Å². The van der Waals surface area contributed by atoms with Crippen LogP contribution in [0.3, 0.4) is 0 Å². The Kier molecular flexibility index (Phi) is 9.35. The quantitative estimate of drug-likeness (QED) is 0.152. The van der Waals surface area contributed by atoms with E-state index in [0.717, 1.165) is 0 Å². The SMILES string of the molecule is CC(CCCNC(N)=O)(NC(=O)CNO)C(=O)Nc1ccc(COC(=O)O)cc1. The van der Waals surface area contributed by atoms with Crippen LogP contribution >= 0.6 is 0 Å². The number of primary amides is 1. The highest BCUT2D eigenvalue weighted by Crippen LogP contribution is 2.17. The minimum atomic E-state index is -1.39. The van der Waals surface area contributed by atoms with Crippen molar-refractivity contribution >= 4 is 29.7 Å². The van der Waals surface area contributed by atoms with E-state index in [1.54, 1.807) is 29.7 Å². The third kappa shape index (κ3) is 8.90. The van der Waals surface area contributed by atoms with Crippen molar-refractivity contribution in [3.63, 3.8) is 0 Å². The van der Waals surface area contributed by atoms with Gasteiger partial charge in [-0.05, 0) is 37.5 Å². The molecule has 160 valence electrons. The van der Waals surface area contributed by atoms with Gasteiger partial charge in [-0.3, -0.25) is 9.59 Å². The van der Waals surface area contributed by atoms with E-state index in [2.05, 4.69) is 20.7 Å². The molecule has 1 rings (SSSR count). The van der Waals surface area contributed by atoms with Gasteiger partial charge in [-0.25, -0.2) is 9.59 Å². The maximum atomic E-state index is 12.8. The molecule has 0 saturated carbocycles. The summed E-state index contributed by atoms with van der Waals surface area (Å²) in [6.45, 7) is 1.20. The van der Waals surface area contributed by atoms with Gasteiger partial charge in [0.25, 0.3) is 0 Å². The Morgan fingerprint density at radius 3 is 2.38 bits per heavy atom. The number of amides is 4. The average molecular weight is 411 g/mol. The zero-order valence-corrected chi connectivity index (χ0v) is 15.9. The Bertz CT molecular complexity index is 725. The van der Waals surface area contributed by atoms with Crippen LogP contribution in [-0.2, 0) is 20.9 Å². The molecule has 12 nitrogen and oxygen atoms in total. The summed E-state index contributed by atoms with van der Waals surface area (Å²) in [6.07, 6.45) is -0.858. The Hall–Kier alpha value is -3.38. The van der Waals surface area contributed by atoms with Crippen LogP contribution < -0.4 is 27.2 Å². The van der Waals surface area contributed by atoms with E-state index in [1.165, 1.54) is 6.92 Å². The van der Waals surface area contributed by atoms with Crippen molar-refractivity contribution in [2.24, 2.45) is 5.73 Å². The van der Waals surface area contributed by atoms with Gasteiger partial charge in [0.2, 0.25) is 11.8 Å². The first kappa shape index (κ1) is 23.7. The van der Waals surface area contributed by atoms with Crippen molar-refractivity contribution in [2.75, 3.05) is 18.4 Å². The van der Waals surface area contributed by atoms with E-state index in [-0.39, 0.29) is 19.6 Å². The molecule has 1 unspecified atom stereocenters. The maximum absolute atomic E-state index is 12.8. The second kappa shape index (κ2) is 11.5. The van der Waals surface area contributed by atoms with Crippen LogP contribution in [-0.4, -0.2) is 52.9 Å². The van der Waals surface area contributed by atoms with Crippen LogP contribution in [0.1, 0.15) is 25.3 Å². The normalized spacial score (nSPS) is 12.3. The summed E-state index contributed by atoms with van der Waals surface area (Å²) >= 11 is 0. The monoisotopic (exact) mass is 411 g/mol. The predicted molar refractivity (Wildman–Crippen MR) is 101 cm³/mol. The van der Waals surface area contributed by atoms with Gasteiger partial charge >= 0.3 is 12.2 Å². The molecule has 1 aromatic rings. The number of carboxylic acid groups (broad SMARTS) is 1. The summed E-state index contributed by atoms with van der Waals surface area (Å²) in [7, 11) is 0. The number of benzene rings is 1. The topological polar surface area (TPSA) is 192 Å². The van der Waals surface area contributed by atoms with E-state index in [1.807, 2.05) is 0 Å². The summed E-state index contributed by atoms with van der Waals surface area (Å²) in [5, 5.41) is 24.8. The largest absolute Gasteiger partial charge is 0.506 e. The minimum absolute atomic E-state index is 0.127. The lowest BCUT2D eigenvalue weighted by Crippen LogP contribution is -2.56. The fraction of sp³-hybridized carbons (Fsp3) is 0.412. The number of hydroxylamine groups is 1. The standard InChI is InChI=1S/C17H25N5O7/c1-17(22-13(23)9-20-28,7-2-8-19-15(18)25)14(24)21-12-5-3-11(4-6-12)10-29-16(26)27/h3-6,20,28H,2,7-10H2,1H3,(H,21,24)(H,22,23)(H,26,27)(H3,18,19,25). The summed E-state index contributed by atoms with van der Waals surface area (Å²) in [4.78, 5) is 45.8. The Morgan fingerprint density at radius 2 is 1.83 bits per heavy atom. The van der Waals surface area contributed by atoms with Gasteiger partial charge < -0.3 is 36.7 Å². The molecule has 4 amide bonds. The number of carbonyl (C=O) groups is 4. The first-order valence-corrected chi connectivity index (χ1v) is 8.63. The van der Waals surface area contributed by atoms with Gasteiger partial charge in [-0.1, -0.05) is 12.1 Å². The van der Waals surface area contributed by atoms with E-state index < -0.39 is 36.1 Å². The zero-order chi connectivity index (χ0) is 21.9. The van der Waals surface area contributed by atoms with Crippen LogP contribution in [0, 0.1) is 0 Å². The number of urea groups is 1. The van der Waals surface area contributed by atoms with Gasteiger partial charge in [0, 0.05) is 12.2 Å². The molecule has 0 aliphatic heterocycles. The summed E-state index contributed by atoms with van der Waals surface area (Å²) < 4.78 is 4.46. The lowest BCUT2D eigenvalue weighted by atomic mass is 9.94. The van der Waals surface area contributed by atoms with Crippen LogP contribution in [0.15, 0.2) is 24.3 Å². The van der Waals surface area contributed by atoms with Gasteiger partial charge in [-0.15, -0.1) is 0 Å². The fourth-order valence-corrected chi connectivity index (χ4v) is 2.41. The second-order valence-electron chi connectivity index (χ2n) is 6.32. The van der Waals surface area contributed by atoms with Crippen LogP contribution in [0.4, 0.5) is 15.3 Å². The molecule has 1 aromatic carbocycles. The number of nitrogens with two attached hydrogens (primary N) is 1. The van der Waals surface area contributed by atoms with Crippen molar-refractivity contribution < 1.29 is 34.2 Å². The average Bonchev–Trinajstić information content (AvgIpc) is 2.64. The van der Waals surface area contributed by atoms with E-state index in [0.29, 0.717) is 17.7 Å². The fourth-order valence-electron chi connectivity index (χ4n) is 2.41. The highest BCUT2D eigenvalue weighted by Gasteiger charge is 2.34. The number of rotatable bonds is 11. The first-order valence-electron chi connectivity index (χ1n) is 8.63. The van der Waals surface area contributed by atoms with E-state index >= 15 is 0 Å². The summed E-state index contributed by atoms with van der Waals surface area (Å²) in [5.41, 5.74) is 6.39. The molecule has 0 aromatic heterocycles. The molecule has 8 N–H and O–H groups in total. The Balaban J connectivity index is 2.79. The minimum Gasteiger partial charge on any atom is -0.450 e. The molecule has 0 radical (unpaired) electrons. The molecule has 12 heteroatoms. The predicted octanol–water partition coefficient (Wildman–Crippen LogP) is 0.122. The molecular formula is C17H25N5O7. The highest BCUT2D eigenvalue weighted by molar-refractivity contribution is 6.00. The van der Waals surface area contributed by atoms with Crippen molar-refractivity contribution in [1.29, 1.82) is 0 Å². The zero-order valence-electron chi connectivity index (χ0n) is 15.9. The molecule has 0 bridgehead atoms. The van der Waals surface area contributed by atoms with Crippen LogP contribution in [0.2, 0.25) is 0 Å². The third-order valence-corrected chi connectivity index (χ3v) is 3.88. The van der Waals surface area contributed by atoms with Gasteiger partial charge in [0.05, 0.1) is 6.54 Å². The molecule has 0 fully saturated rings. The lowest BCUT2D eigenvalue weighted by molar-refractivity contribution is -0.130. The van der Waals surface area contributed by atoms with Gasteiger partial charge in [0.15, 0.2) is 0 Å². The second-order valence-corrected chi connectivity index (χ2v) is 6.32. The van der Waals surface area contributed by atoms with Gasteiger partial charge in [-0.2, -0.15) is 5.48 Å². The van der Waals surface area contributed by atoms with E-state index in [4.69, 9.17) is 16.0 Å². The lowest BCUT2D eigenvalue weighted by Gasteiger charge is -2.29. The molecule has 0 heterocycles. The van der Waals surface area contributed by atoms with Crippen LogP contribution in [0.5, 0.6) is 0 Å². The molecule has 29 heavy (non-hydrogen) atoms. The maximum Gasteiger partial charge on any atom is 0.506 e. The number of ether oxygens (including phenoxy) is 1. The number of anilines is 1. The number of hydrogen-bond acceptors (Lipinski definition) is 7. The van der Waals surface area contributed by atoms with Crippen LogP contribution in [0.25, 0.3) is 0 Å².